The Balaban J connectivity index is 2.78. The number of carbonyl (C=O) groups excluding carboxylic acids is 1. The molecule has 1 aliphatic rings. The van der Waals surface area contributed by atoms with Crippen LogP contribution in [0.2, 0.25) is 0 Å². The zero-order valence-electron chi connectivity index (χ0n) is 13.4. The quantitative estimate of drug-likeness (QED) is 0.541. The van der Waals surface area contributed by atoms with Crippen molar-refractivity contribution >= 4 is 5.97 Å². The minimum absolute atomic E-state index is 0.118. The molecule has 1 saturated heterocycles. The second-order valence-electron chi connectivity index (χ2n) is 6.11. The van der Waals surface area contributed by atoms with Crippen molar-refractivity contribution in [2.45, 2.75) is 84.3 Å². The Bertz CT molecular complexity index is 348. The summed E-state index contributed by atoms with van der Waals surface area (Å²) in [5.41, 5.74) is 0.511. The molecule has 0 saturated carbocycles. The van der Waals surface area contributed by atoms with Gasteiger partial charge < -0.3 is 9.84 Å². The Morgan fingerprint density at radius 1 is 1.50 bits per heavy atom. The lowest BCUT2D eigenvalue weighted by molar-refractivity contribution is -0.146. The lowest BCUT2D eigenvalue weighted by Crippen LogP contribution is -2.37. The number of allylic oxidation sites excluding steroid dienone is 1. The highest BCUT2D eigenvalue weighted by atomic mass is 16.6. The first-order valence-electron chi connectivity index (χ1n) is 8.07. The van der Waals surface area contributed by atoms with Gasteiger partial charge in [-0.25, -0.2) is 0 Å². The highest BCUT2D eigenvalue weighted by Gasteiger charge is 2.45. The van der Waals surface area contributed by atoms with E-state index in [4.69, 9.17) is 4.74 Å². The van der Waals surface area contributed by atoms with Gasteiger partial charge in [0.05, 0.1) is 6.42 Å². The number of rotatable bonds is 8. The number of aliphatic hydroxyl groups is 1. The topological polar surface area (TPSA) is 46.5 Å². The maximum atomic E-state index is 11.4. The highest BCUT2D eigenvalue weighted by Crippen LogP contribution is 2.34. The van der Waals surface area contributed by atoms with Gasteiger partial charge in [0, 0.05) is 0 Å². The van der Waals surface area contributed by atoms with Crippen molar-refractivity contribution < 1.29 is 14.6 Å². The van der Waals surface area contributed by atoms with Crippen molar-refractivity contribution in [3.63, 3.8) is 0 Å². The summed E-state index contributed by atoms with van der Waals surface area (Å²) in [6, 6.07) is 0. The number of hydrogen-bond donors (Lipinski definition) is 1. The van der Waals surface area contributed by atoms with E-state index in [1.807, 2.05) is 13.0 Å². The molecule has 116 valence electrons. The summed E-state index contributed by atoms with van der Waals surface area (Å²) in [7, 11) is 0. The molecular formula is C17H30O3. The molecule has 0 unspecified atom stereocenters. The molecule has 1 aliphatic heterocycles. The number of unbranched alkanes of at least 4 members (excludes halogenated alkanes) is 1. The molecule has 3 atom stereocenters. The standard InChI is InChI=1S/C17H30O3/c1-5-8-9-13(4)10-14(6-2)12-17(7-3)15(18)11-16(19)20-17/h12-13,15,18H,5-11H2,1-4H3/t13-,15-,17-/m0/s1. The summed E-state index contributed by atoms with van der Waals surface area (Å²) < 4.78 is 5.44. The van der Waals surface area contributed by atoms with Crippen LogP contribution in [0.1, 0.15) is 72.6 Å². The van der Waals surface area contributed by atoms with E-state index in [2.05, 4.69) is 20.8 Å². The van der Waals surface area contributed by atoms with Crippen molar-refractivity contribution in [1.29, 1.82) is 0 Å². The zero-order chi connectivity index (χ0) is 15.2. The van der Waals surface area contributed by atoms with Crippen LogP contribution < -0.4 is 0 Å². The molecule has 20 heavy (non-hydrogen) atoms. The Morgan fingerprint density at radius 3 is 2.65 bits per heavy atom. The summed E-state index contributed by atoms with van der Waals surface area (Å²) >= 11 is 0. The van der Waals surface area contributed by atoms with E-state index in [1.54, 1.807) is 0 Å². The van der Waals surface area contributed by atoms with Gasteiger partial charge in [-0.2, -0.15) is 0 Å². The maximum Gasteiger partial charge on any atom is 0.309 e. The van der Waals surface area contributed by atoms with Crippen molar-refractivity contribution in [3.8, 4) is 0 Å². The summed E-state index contributed by atoms with van der Waals surface area (Å²) in [5, 5.41) is 10.1. The first-order valence-corrected chi connectivity index (χ1v) is 8.07. The van der Waals surface area contributed by atoms with E-state index in [9.17, 15) is 9.90 Å². The first-order chi connectivity index (χ1) is 9.47. The molecule has 0 radical (unpaired) electrons. The Morgan fingerprint density at radius 2 is 2.20 bits per heavy atom. The van der Waals surface area contributed by atoms with Gasteiger partial charge in [-0.15, -0.1) is 0 Å². The molecule has 0 aromatic heterocycles. The van der Waals surface area contributed by atoms with Crippen LogP contribution in [-0.2, 0) is 9.53 Å². The third kappa shape index (κ3) is 4.34. The molecule has 3 heteroatoms. The van der Waals surface area contributed by atoms with E-state index in [0.717, 1.165) is 12.8 Å². The molecule has 0 spiro atoms. The molecule has 1 fully saturated rings. The number of carbonyl (C=O) groups is 1. The van der Waals surface area contributed by atoms with Gasteiger partial charge in [0.25, 0.3) is 0 Å². The predicted molar refractivity (Wildman–Crippen MR) is 81.4 cm³/mol. The van der Waals surface area contributed by atoms with Gasteiger partial charge in [0.2, 0.25) is 0 Å². The first kappa shape index (κ1) is 17.2. The average molecular weight is 282 g/mol. The van der Waals surface area contributed by atoms with E-state index >= 15 is 0 Å². The molecule has 0 bridgehead atoms. The van der Waals surface area contributed by atoms with Crippen LogP contribution in [-0.4, -0.2) is 22.8 Å². The SMILES string of the molecule is CCCC[C@H](C)CC(=C[C@]1(CC)OC(=O)C[C@@H]1O)CC. The maximum absolute atomic E-state index is 11.4. The summed E-state index contributed by atoms with van der Waals surface area (Å²) in [4.78, 5) is 11.4. The number of esters is 1. The third-order valence-corrected chi connectivity index (χ3v) is 4.34. The third-order valence-electron chi connectivity index (χ3n) is 4.34. The van der Waals surface area contributed by atoms with E-state index < -0.39 is 11.7 Å². The molecular weight excluding hydrogens is 252 g/mol. The van der Waals surface area contributed by atoms with Crippen LogP contribution in [0.3, 0.4) is 0 Å². The van der Waals surface area contributed by atoms with Crippen LogP contribution >= 0.6 is 0 Å². The Labute approximate surface area is 123 Å². The lowest BCUT2D eigenvalue weighted by Gasteiger charge is -2.28. The van der Waals surface area contributed by atoms with Crippen molar-refractivity contribution in [3.05, 3.63) is 11.6 Å². The van der Waals surface area contributed by atoms with Gasteiger partial charge in [0.1, 0.15) is 6.10 Å². The lowest BCUT2D eigenvalue weighted by atomic mass is 9.87. The number of aliphatic hydroxyl groups excluding tert-OH is 1. The predicted octanol–water partition coefficient (Wildman–Crippen LogP) is 4.00. The number of hydrogen-bond acceptors (Lipinski definition) is 3. The van der Waals surface area contributed by atoms with Gasteiger partial charge in [-0.3, -0.25) is 4.79 Å². The van der Waals surface area contributed by atoms with Gasteiger partial charge in [-0.05, 0) is 31.3 Å². The van der Waals surface area contributed by atoms with Crippen LogP contribution in [0.25, 0.3) is 0 Å². The average Bonchev–Trinajstić information content (AvgIpc) is 2.70. The van der Waals surface area contributed by atoms with Gasteiger partial charge in [0.15, 0.2) is 5.60 Å². The smallest absolute Gasteiger partial charge is 0.309 e. The molecule has 3 nitrogen and oxygen atoms in total. The Kier molecular flexibility index (Phi) is 6.74. The highest BCUT2D eigenvalue weighted by molar-refractivity contribution is 5.74. The molecule has 1 rings (SSSR count). The van der Waals surface area contributed by atoms with Gasteiger partial charge in [-0.1, -0.05) is 52.5 Å². The van der Waals surface area contributed by atoms with Gasteiger partial charge >= 0.3 is 5.97 Å². The molecule has 0 aliphatic carbocycles. The molecule has 1 N–H and O–H groups in total. The van der Waals surface area contributed by atoms with Crippen LogP contribution in [0.4, 0.5) is 0 Å². The summed E-state index contributed by atoms with van der Waals surface area (Å²) in [5.74, 6) is 0.356. The minimum Gasteiger partial charge on any atom is -0.452 e. The van der Waals surface area contributed by atoms with Crippen molar-refractivity contribution in [1.82, 2.24) is 0 Å². The monoisotopic (exact) mass is 282 g/mol. The summed E-state index contributed by atoms with van der Waals surface area (Å²) in [6.07, 6.45) is 7.78. The van der Waals surface area contributed by atoms with E-state index in [0.29, 0.717) is 12.3 Å². The van der Waals surface area contributed by atoms with E-state index in [-0.39, 0.29) is 12.4 Å². The fourth-order valence-corrected chi connectivity index (χ4v) is 2.94. The minimum atomic E-state index is -0.785. The normalized spacial score (nSPS) is 28.6. The molecule has 1 heterocycles. The van der Waals surface area contributed by atoms with Crippen molar-refractivity contribution in [2.75, 3.05) is 0 Å². The molecule has 0 amide bonds. The number of ether oxygens (including phenoxy) is 1. The fraction of sp³-hybridized carbons (Fsp3) is 0.824. The molecule has 0 aromatic carbocycles. The van der Waals surface area contributed by atoms with Crippen LogP contribution in [0.15, 0.2) is 11.6 Å². The zero-order valence-corrected chi connectivity index (χ0v) is 13.4. The Hall–Kier alpha value is -0.830. The van der Waals surface area contributed by atoms with Crippen LogP contribution in [0, 0.1) is 5.92 Å². The van der Waals surface area contributed by atoms with Crippen LogP contribution in [0.5, 0.6) is 0 Å². The summed E-state index contributed by atoms with van der Waals surface area (Å²) in [6.45, 7) is 8.58. The largest absolute Gasteiger partial charge is 0.452 e. The second-order valence-corrected chi connectivity index (χ2v) is 6.11. The number of cyclic esters (lactones) is 1. The van der Waals surface area contributed by atoms with E-state index in [1.165, 1.54) is 24.8 Å². The van der Waals surface area contributed by atoms with Crippen molar-refractivity contribution in [2.24, 2.45) is 5.92 Å². The second kappa shape index (κ2) is 7.82. The fourth-order valence-electron chi connectivity index (χ4n) is 2.94. The molecule has 0 aromatic rings.